The molecule has 1 saturated heterocycles. The van der Waals surface area contributed by atoms with E-state index in [0.717, 1.165) is 44.4 Å². The second-order valence-electron chi connectivity index (χ2n) is 6.46. The summed E-state index contributed by atoms with van der Waals surface area (Å²) in [7, 11) is 3.94. The van der Waals surface area contributed by atoms with E-state index in [1.807, 2.05) is 19.2 Å². The third-order valence-corrected chi connectivity index (χ3v) is 4.72. The summed E-state index contributed by atoms with van der Waals surface area (Å²) < 4.78 is 0. The lowest BCUT2D eigenvalue weighted by atomic mass is 10.3. The molecule has 1 fully saturated rings. The van der Waals surface area contributed by atoms with Crippen LogP contribution in [0.2, 0.25) is 5.02 Å². The number of anilines is 1. The number of aromatic nitrogens is 1. The Bertz CT molecular complexity index is 548. The van der Waals surface area contributed by atoms with Crippen molar-refractivity contribution >= 4 is 23.4 Å². The molecular weight excluding hydrogens is 324 g/mol. The number of rotatable bonds is 6. The number of pyridine rings is 1. The van der Waals surface area contributed by atoms with Gasteiger partial charge in [-0.15, -0.1) is 0 Å². The molecule has 134 valence electrons. The first-order valence-corrected chi connectivity index (χ1v) is 8.92. The Morgan fingerprint density at radius 1 is 1.54 bits per heavy atom. The van der Waals surface area contributed by atoms with Crippen LogP contribution in [0.15, 0.2) is 23.3 Å². The minimum Gasteiger partial charge on any atom is -0.355 e. The van der Waals surface area contributed by atoms with Crippen molar-refractivity contribution in [1.82, 2.24) is 20.5 Å². The number of likely N-dealkylation sites (N-methyl/N-ethyl adjacent to an activating group) is 1. The second kappa shape index (κ2) is 9.08. The molecule has 2 heterocycles. The standard InChI is InChI=1S/C17H29ClN6/c1-13(2)23(4)11-9-21-17(19-3)22-14-7-10-24(12-14)16-15(18)6-5-8-20-16/h5-6,8,13-14H,7,9-12H2,1-4H3,(H2,19,21,22). The highest BCUT2D eigenvalue weighted by Gasteiger charge is 2.25. The smallest absolute Gasteiger partial charge is 0.191 e. The Hall–Kier alpha value is -1.53. The van der Waals surface area contributed by atoms with Crippen molar-refractivity contribution in [3.63, 3.8) is 0 Å². The second-order valence-corrected chi connectivity index (χ2v) is 6.87. The lowest BCUT2D eigenvalue weighted by Gasteiger charge is -2.23. The summed E-state index contributed by atoms with van der Waals surface area (Å²) in [4.78, 5) is 13.2. The zero-order chi connectivity index (χ0) is 17.5. The maximum Gasteiger partial charge on any atom is 0.191 e. The Morgan fingerprint density at radius 2 is 2.33 bits per heavy atom. The lowest BCUT2D eigenvalue weighted by Crippen LogP contribution is -2.46. The highest BCUT2D eigenvalue weighted by molar-refractivity contribution is 6.32. The fourth-order valence-corrected chi connectivity index (χ4v) is 2.92. The average Bonchev–Trinajstić information content (AvgIpc) is 3.02. The zero-order valence-corrected chi connectivity index (χ0v) is 15.8. The molecule has 1 atom stereocenters. The van der Waals surface area contributed by atoms with Gasteiger partial charge in [0.05, 0.1) is 5.02 Å². The van der Waals surface area contributed by atoms with Crippen LogP contribution in [-0.4, -0.2) is 68.2 Å². The van der Waals surface area contributed by atoms with Crippen LogP contribution in [0.4, 0.5) is 5.82 Å². The van der Waals surface area contributed by atoms with Crippen molar-refractivity contribution in [3.8, 4) is 0 Å². The van der Waals surface area contributed by atoms with E-state index in [-0.39, 0.29) is 0 Å². The topological polar surface area (TPSA) is 55.8 Å². The molecule has 2 N–H and O–H groups in total. The van der Waals surface area contributed by atoms with Crippen LogP contribution in [0.5, 0.6) is 0 Å². The van der Waals surface area contributed by atoms with Crippen molar-refractivity contribution in [1.29, 1.82) is 0 Å². The van der Waals surface area contributed by atoms with Crippen molar-refractivity contribution < 1.29 is 0 Å². The Kier molecular flexibility index (Phi) is 7.12. The summed E-state index contributed by atoms with van der Waals surface area (Å²) in [5, 5.41) is 7.59. The molecule has 0 bridgehead atoms. The summed E-state index contributed by atoms with van der Waals surface area (Å²) in [5.74, 6) is 1.72. The molecule has 7 heteroatoms. The molecule has 1 unspecified atom stereocenters. The first kappa shape index (κ1) is 18.8. The molecule has 0 amide bonds. The van der Waals surface area contributed by atoms with Crippen molar-refractivity contribution in [3.05, 3.63) is 23.4 Å². The monoisotopic (exact) mass is 352 g/mol. The van der Waals surface area contributed by atoms with Gasteiger partial charge in [0.2, 0.25) is 0 Å². The molecule has 0 radical (unpaired) electrons. The number of hydrogen-bond acceptors (Lipinski definition) is 4. The summed E-state index contributed by atoms with van der Waals surface area (Å²) in [6.07, 6.45) is 2.83. The molecule has 24 heavy (non-hydrogen) atoms. The van der Waals surface area contributed by atoms with Gasteiger partial charge < -0.3 is 20.4 Å². The van der Waals surface area contributed by atoms with Crippen molar-refractivity contribution in [2.75, 3.05) is 45.2 Å². The van der Waals surface area contributed by atoms with E-state index in [1.54, 1.807) is 6.20 Å². The molecule has 1 aliphatic heterocycles. The highest BCUT2D eigenvalue weighted by Crippen LogP contribution is 2.25. The highest BCUT2D eigenvalue weighted by atomic mass is 35.5. The summed E-state index contributed by atoms with van der Waals surface area (Å²) in [6.45, 7) is 8.08. The van der Waals surface area contributed by atoms with Gasteiger partial charge in [-0.25, -0.2) is 4.98 Å². The molecule has 2 rings (SSSR count). The van der Waals surface area contributed by atoms with Gasteiger partial charge in [0.25, 0.3) is 0 Å². The van der Waals surface area contributed by atoms with Crippen LogP contribution >= 0.6 is 11.6 Å². The summed E-state index contributed by atoms with van der Waals surface area (Å²) in [5.41, 5.74) is 0. The fraction of sp³-hybridized carbons (Fsp3) is 0.647. The molecule has 1 aromatic rings. The normalized spacial score (nSPS) is 18.5. The summed E-state index contributed by atoms with van der Waals surface area (Å²) in [6, 6.07) is 4.64. The molecular formula is C17H29ClN6. The van der Waals surface area contributed by atoms with Gasteiger partial charge in [-0.05, 0) is 39.4 Å². The molecule has 1 aromatic heterocycles. The number of hydrogen-bond donors (Lipinski definition) is 2. The van der Waals surface area contributed by atoms with E-state index in [0.29, 0.717) is 17.1 Å². The number of nitrogens with zero attached hydrogens (tertiary/aromatic N) is 4. The van der Waals surface area contributed by atoms with E-state index < -0.39 is 0 Å². The van der Waals surface area contributed by atoms with Gasteiger partial charge >= 0.3 is 0 Å². The van der Waals surface area contributed by atoms with Crippen LogP contribution in [-0.2, 0) is 0 Å². The van der Waals surface area contributed by atoms with E-state index >= 15 is 0 Å². The lowest BCUT2D eigenvalue weighted by molar-refractivity contribution is 0.278. The predicted molar refractivity (Wildman–Crippen MR) is 102 cm³/mol. The molecule has 0 aromatic carbocycles. The van der Waals surface area contributed by atoms with E-state index in [2.05, 4.69) is 51.3 Å². The van der Waals surface area contributed by atoms with Gasteiger partial charge in [-0.3, -0.25) is 4.99 Å². The van der Waals surface area contributed by atoms with Crippen LogP contribution in [0.3, 0.4) is 0 Å². The van der Waals surface area contributed by atoms with E-state index in [4.69, 9.17) is 11.6 Å². The van der Waals surface area contributed by atoms with E-state index in [9.17, 15) is 0 Å². The fourth-order valence-electron chi connectivity index (χ4n) is 2.68. The minimum atomic E-state index is 0.345. The van der Waals surface area contributed by atoms with Crippen LogP contribution in [0, 0.1) is 0 Å². The van der Waals surface area contributed by atoms with Crippen LogP contribution in [0.25, 0.3) is 0 Å². The number of halogens is 1. The molecule has 0 saturated carbocycles. The van der Waals surface area contributed by atoms with Crippen LogP contribution < -0.4 is 15.5 Å². The minimum absolute atomic E-state index is 0.345. The van der Waals surface area contributed by atoms with Gasteiger partial charge in [0.15, 0.2) is 5.96 Å². The van der Waals surface area contributed by atoms with E-state index in [1.165, 1.54) is 0 Å². The Balaban J connectivity index is 1.80. The Labute approximate surface area is 150 Å². The maximum atomic E-state index is 6.24. The quantitative estimate of drug-likeness (QED) is 0.604. The molecule has 1 aliphatic rings. The van der Waals surface area contributed by atoms with Crippen molar-refractivity contribution in [2.24, 2.45) is 4.99 Å². The van der Waals surface area contributed by atoms with Gasteiger partial charge in [0, 0.05) is 51.5 Å². The first-order valence-electron chi connectivity index (χ1n) is 8.54. The summed E-state index contributed by atoms with van der Waals surface area (Å²) >= 11 is 6.24. The SMILES string of the molecule is CN=C(NCCN(C)C(C)C)NC1CCN(c2ncccc2Cl)C1. The molecule has 0 spiro atoms. The largest absolute Gasteiger partial charge is 0.355 e. The number of aliphatic imine (C=N–C) groups is 1. The van der Waals surface area contributed by atoms with Gasteiger partial charge in [-0.2, -0.15) is 0 Å². The Morgan fingerprint density at radius 3 is 3.00 bits per heavy atom. The third kappa shape index (κ3) is 5.24. The first-order chi connectivity index (χ1) is 11.5. The molecule has 0 aliphatic carbocycles. The van der Waals surface area contributed by atoms with Gasteiger partial charge in [-0.1, -0.05) is 11.6 Å². The third-order valence-electron chi connectivity index (χ3n) is 4.43. The maximum absolute atomic E-state index is 6.24. The number of nitrogens with one attached hydrogen (secondary N) is 2. The number of guanidine groups is 1. The van der Waals surface area contributed by atoms with Crippen LogP contribution in [0.1, 0.15) is 20.3 Å². The predicted octanol–water partition coefficient (Wildman–Crippen LogP) is 1.82. The zero-order valence-electron chi connectivity index (χ0n) is 15.1. The van der Waals surface area contributed by atoms with Gasteiger partial charge in [0.1, 0.15) is 5.82 Å². The average molecular weight is 353 g/mol. The molecule has 6 nitrogen and oxygen atoms in total. The van der Waals surface area contributed by atoms with Crippen molar-refractivity contribution in [2.45, 2.75) is 32.4 Å².